The number of aliphatic hydroxyl groups is 2. The zero-order valence-corrected chi connectivity index (χ0v) is 54.1. The molecule has 0 saturated carbocycles. The summed E-state index contributed by atoms with van der Waals surface area (Å²) in [7, 11) is 0. The van der Waals surface area contributed by atoms with Crippen LogP contribution in [0.2, 0.25) is 0 Å². The lowest BCUT2D eigenvalue weighted by Gasteiger charge is -2.22. The van der Waals surface area contributed by atoms with Gasteiger partial charge in [0, 0.05) is 12.8 Å². The largest absolute Gasteiger partial charge is 0.466 e. The van der Waals surface area contributed by atoms with Crippen LogP contribution in [0.15, 0.2) is 36.5 Å². The van der Waals surface area contributed by atoms with Gasteiger partial charge in [-0.15, -0.1) is 0 Å². The molecule has 0 aliphatic rings. The summed E-state index contributed by atoms with van der Waals surface area (Å²) in [4.78, 5) is 24.6. The molecule has 0 heterocycles. The van der Waals surface area contributed by atoms with E-state index in [9.17, 15) is 19.8 Å². The summed E-state index contributed by atoms with van der Waals surface area (Å²) in [6.45, 7) is 4.96. The van der Waals surface area contributed by atoms with E-state index >= 15 is 0 Å². The van der Waals surface area contributed by atoms with Gasteiger partial charge in [-0.2, -0.15) is 0 Å². The predicted molar refractivity (Wildman–Crippen MR) is 352 cm³/mol. The number of hydrogen-bond acceptors (Lipinski definition) is 5. The van der Waals surface area contributed by atoms with Gasteiger partial charge in [-0.1, -0.05) is 339 Å². The highest BCUT2D eigenvalue weighted by molar-refractivity contribution is 5.76. The zero-order valence-electron chi connectivity index (χ0n) is 54.1. The molecule has 2 unspecified atom stereocenters. The Hall–Kier alpha value is -1.92. The number of hydrogen-bond donors (Lipinski definition) is 3. The first-order chi connectivity index (χ1) is 39.5. The summed E-state index contributed by atoms with van der Waals surface area (Å²) in [5.41, 5.74) is 0. The first-order valence-corrected chi connectivity index (χ1v) is 36.2. The quantitative estimate of drug-likeness (QED) is 0.0320. The van der Waals surface area contributed by atoms with Crippen molar-refractivity contribution in [2.75, 3.05) is 13.2 Å². The van der Waals surface area contributed by atoms with Gasteiger partial charge in [-0.25, -0.2) is 0 Å². The van der Waals surface area contributed by atoms with Gasteiger partial charge in [-0.3, -0.25) is 9.59 Å². The molecule has 0 fully saturated rings. The van der Waals surface area contributed by atoms with Crippen molar-refractivity contribution in [1.29, 1.82) is 0 Å². The average molecular weight is 1120 g/mol. The number of carbonyl (C=O) groups is 2. The van der Waals surface area contributed by atoms with Crippen molar-refractivity contribution < 1.29 is 24.5 Å². The van der Waals surface area contributed by atoms with Crippen molar-refractivity contribution >= 4 is 11.9 Å². The number of allylic oxidation sites excluding steroid dienone is 6. The van der Waals surface area contributed by atoms with Crippen LogP contribution in [0, 0.1) is 0 Å². The zero-order chi connectivity index (χ0) is 57.8. The number of rotatable bonds is 68. The fourth-order valence-corrected chi connectivity index (χ4v) is 11.4. The number of nitrogens with one attached hydrogen (secondary N) is 1. The number of amides is 1. The molecule has 0 aliphatic heterocycles. The molecular weight excluding hydrogens is 983 g/mol. The van der Waals surface area contributed by atoms with E-state index in [1.54, 1.807) is 0 Å². The molecular formula is C74H141NO5. The predicted octanol–water partition coefficient (Wildman–Crippen LogP) is 23.5. The Morgan fingerprint density at radius 1 is 0.350 bits per heavy atom. The summed E-state index contributed by atoms with van der Waals surface area (Å²) < 4.78 is 5.50. The number of aliphatic hydroxyl groups excluding tert-OH is 2. The van der Waals surface area contributed by atoms with Crippen molar-refractivity contribution in [2.24, 2.45) is 0 Å². The van der Waals surface area contributed by atoms with Gasteiger partial charge in [-0.05, 0) is 83.5 Å². The van der Waals surface area contributed by atoms with Crippen molar-refractivity contribution in [3.05, 3.63) is 36.5 Å². The first kappa shape index (κ1) is 78.1. The Bertz CT molecular complexity index is 1300. The normalized spacial score (nSPS) is 12.7. The van der Waals surface area contributed by atoms with Crippen LogP contribution in [-0.2, 0) is 14.3 Å². The highest BCUT2D eigenvalue weighted by atomic mass is 16.5. The minimum Gasteiger partial charge on any atom is -0.466 e. The first-order valence-electron chi connectivity index (χ1n) is 36.2. The smallest absolute Gasteiger partial charge is 0.305 e. The van der Waals surface area contributed by atoms with Gasteiger partial charge in [0.25, 0.3) is 0 Å². The molecule has 6 nitrogen and oxygen atoms in total. The van der Waals surface area contributed by atoms with Crippen molar-refractivity contribution in [2.45, 2.75) is 411 Å². The lowest BCUT2D eigenvalue weighted by atomic mass is 10.0. The molecule has 0 spiro atoms. The third-order valence-corrected chi connectivity index (χ3v) is 16.9. The molecule has 0 rings (SSSR count). The number of esters is 1. The molecule has 472 valence electrons. The van der Waals surface area contributed by atoms with Crippen LogP contribution < -0.4 is 5.32 Å². The van der Waals surface area contributed by atoms with E-state index in [-0.39, 0.29) is 18.5 Å². The molecule has 0 saturated heterocycles. The molecule has 0 aromatic rings. The minimum absolute atomic E-state index is 0.00980. The van der Waals surface area contributed by atoms with E-state index in [4.69, 9.17) is 4.74 Å². The molecule has 0 aromatic heterocycles. The average Bonchev–Trinajstić information content (AvgIpc) is 3.46. The maximum atomic E-state index is 12.5. The fraction of sp³-hybridized carbons (Fsp3) is 0.892. The van der Waals surface area contributed by atoms with E-state index in [1.807, 2.05) is 0 Å². The molecule has 6 heteroatoms. The van der Waals surface area contributed by atoms with Crippen LogP contribution in [-0.4, -0.2) is 47.4 Å². The second-order valence-corrected chi connectivity index (χ2v) is 24.9. The highest BCUT2D eigenvalue weighted by Crippen LogP contribution is 2.19. The van der Waals surface area contributed by atoms with Crippen LogP contribution in [0.25, 0.3) is 0 Å². The van der Waals surface area contributed by atoms with E-state index in [0.717, 1.165) is 51.4 Å². The summed E-state index contributed by atoms with van der Waals surface area (Å²) in [6, 6.07) is -0.541. The SMILES string of the molecule is CCCCC/C=C\C/C=C\CCCCCCCCCC(=O)OCCCCCCCCCCCCCC/C=C\CCCCCCCCCCCCCCCCC(=O)NC(CO)C(O)CCCCCCCCCCCCCCCCCC. The third-order valence-electron chi connectivity index (χ3n) is 16.9. The van der Waals surface area contributed by atoms with E-state index < -0.39 is 12.1 Å². The van der Waals surface area contributed by atoms with Crippen molar-refractivity contribution in [3.8, 4) is 0 Å². The van der Waals surface area contributed by atoms with Gasteiger partial charge < -0.3 is 20.3 Å². The van der Waals surface area contributed by atoms with Crippen LogP contribution >= 0.6 is 0 Å². The fourth-order valence-electron chi connectivity index (χ4n) is 11.4. The summed E-state index contributed by atoms with van der Waals surface area (Å²) in [5, 5.41) is 23.4. The molecule has 0 bridgehead atoms. The Kier molecular flexibility index (Phi) is 67.9. The lowest BCUT2D eigenvalue weighted by molar-refractivity contribution is -0.143. The molecule has 2 atom stereocenters. The molecule has 0 aliphatic carbocycles. The Morgan fingerprint density at radius 3 is 0.988 bits per heavy atom. The highest BCUT2D eigenvalue weighted by Gasteiger charge is 2.20. The van der Waals surface area contributed by atoms with E-state index in [2.05, 4.69) is 55.6 Å². The maximum Gasteiger partial charge on any atom is 0.305 e. The van der Waals surface area contributed by atoms with Crippen LogP contribution in [0.3, 0.4) is 0 Å². The number of unbranched alkanes of at least 4 members (excludes halogenated alkanes) is 51. The molecule has 1 amide bonds. The van der Waals surface area contributed by atoms with Gasteiger partial charge in [0.15, 0.2) is 0 Å². The Labute approximate surface area is 500 Å². The monoisotopic (exact) mass is 1120 g/mol. The van der Waals surface area contributed by atoms with Gasteiger partial charge in [0.1, 0.15) is 0 Å². The lowest BCUT2D eigenvalue weighted by Crippen LogP contribution is -2.45. The number of ether oxygens (including phenoxy) is 1. The van der Waals surface area contributed by atoms with E-state index in [1.165, 1.54) is 315 Å². The van der Waals surface area contributed by atoms with Crippen LogP contribution in [0.4, 0.5) is 0 Å². The van der Waals surface area contributed by atoms with E-state index in [0.29, 0.717) is 25.9 Å². The van der Waals surface area contributed by atoms with Crippen LogP contribution in [0.5, 0.6) is 0 Å². The maximum absolute atomic E-state index is 12.5. The molecule has 0 aromatic carbocycles. The molecule has 0 radical (unpaired) electrons. The Balaban J connectivity index is 3.36. The summed E-state index contributed by atoms with van der Waals surface area (Å²) >= 11 is 0. The molecule has 3 N–H and O–H groups in total. The summed E-state index contributed by atoms with van der Waals surface area (Å²) in [6.07, 6.45) is 89.1. The van der Waals surface area contributed by atoms with Crippen molar-refractivity contribution in [1.82, 2.24) is 5.32 Å². The second-order valence-electron chi connectivity index (χ2n) is 24.9. The van der Waals surface area contributed by atoms with Gasteiger partial charge in [0.05, 0.1) is 25.4 Å². The van der Waals surface area contributed by atoms with Crippen molar-refractivity contribution in [3.63, 3.8) is 0 Å². The van der Waals surface area contributed by atoms with Gasteiger partial charge >= 0.3 is 5.97 Å². The standard InChI is InChI=1S/C74H141NO5/c1-3-5-7-9-11-13-15-17-19-35-40-44-48-52-56-60-64-68-74(79)80-69-65-61-57-53-49-45-41-37-34-32-30-28-26-24-22-21-23-25-27-29-31-33-36-39-43-47-51-55-59-63-67-73(78)75-71(70-76)72(77)66-62-58-54-50-46-42-38-20-18-16-14-12-10-8-6-4-2/h11,13,17,19,22,24,71-72,76-77H,3-10,12,14-16,18,20-21,23,25-70H2,1-2H3,(H,75,78)/b13-11-,19-17-,24-22-. The summed E-state index contributed by atoms with van der Waals surface area (Å²) in [5.74, 6) is -0.0207. The minimum atomic E-state index is -0.663. The molecule has 80 heavy (non-hydrogen) atoms. The topological polar surface area (TPSA) is 95.9 Å². The Morgan fingerprint density at radius 2 is 0.625 bits per heavy atom. The van der Waals surface area contributed by atoms with Gasteiger partial charge in [0.2, 0.25) is 5.91 Å². The third kappa shape index (κ3) is 65.2. The number of carbonyl (C=O) groups excluding carboxylic acids is 2. The van der Waals surface area contributed by atoms with Crippen LogP contribution in [0.1, 0.15) is 399 Å². The second kappa shape index (κ2) is 69.6.